The molecule has 1 aromatic carbocycles. The molecule has 0 saturated carbocycles. The highest BCUT2D eigenvalue weighted by Crippen LogP contribution is 2.25. The molecule has 0 bridgehead atoms. The Labute approximate surface area is 113 Å². The molecule has 0 radical (unpaired) electrons. The lowest BCUT2D eigenvalue weighted by atomic mass is 10.0. The Morgan fingerprint density at radius 1 is 1.37 bits per heavy atom. The largest absolute Gasteiger partial charge is 0.467 e. The molecule has 0 saturated heterocycles. The van der Waals surface area contributed by atoms with Gasteiger partial charge in [0, 0.05) is 5.39 Å². The van der Waals surface area contributed by atoms with Crippen molar-refractivity contribution in [3.05, 3.63) is 35.2 Å². The Morgan fingerprint density at radius 3 is 2.79 bits per heavy atom. The monoisotopic (exact) mass is 282 g/mol. The van der Waals surface area contributed by atoms with Gasteiger partial charge in [0.15, 0.2) is 6.10 Å². The summed E-state index contributed by atoms with van der Waals surface area (Å²) in [6, 6.07) is 4.68. The molecule has 100 valence electrons. The van der Waals surface area contributed by atoms with Crippen LogP contribution in [0.5, 0.6) is 0 Å². The van der Waals surface area contributed by atoms with Crippen LogP contribution in [0.25, 0.3) is 10.9 Å². The fourth-order valence-corrected chi connectivity index (χ4v) is 1.85. The zero-order valence-electron chi connectivity index (χ0n) is 9.95. The molecule has 6 nitrogen and oxygen atoms in total. The van der Waals surface area contributed by atoms with Crippen LogP contribution in [0.3, 0.4) is 0 Å². The number of aromatic nitrogens is 2. The highest BCUT2D eigenvalue weighted by Gasteiger charge is 2.26. The smallest absolute Gasteiger partial charge is 0.337 e. The SMILES string of the molecule is COC(=O)C(O)C(O)c1ccc2ncnc(Cl)c2c1. The van der Waals surface area contributed by atoms with E-state index < -0.39 is 18.2 Å². The molecule has 0 spiro atoms. The number of halogens is 1. The molecule has 19 heavy (non-hydrogen) atoms. The average molecular weight is 283 g/mol. The van der Waals surface area contributed by atoms with Crippen LogP contribution in [0.15, 0.2) is 24.5 Å². The van der Waals surface area contributed by atoms with E-state index in [1.54, 1.807) is 12.1 Å². The Balaban J connectivity index is 2.40. The van der Waals surface area contributed by atoms with E-state index >= 15 is 0 Å². The van der Waals surface area contributed by atoms with Crippen molar-refractivity contribution in [1.82, 2.24) is 9.97 Å². The summed E-state index contributed by atoms with van der Waals surface area (Å²) in [5, 5.41) is 20.3. The van der Waals surface area contributed by atoms with Crippen LogP contribution in [0.4, 0.5) is 0 Å². The van der Waals surface area contributed by atoms with E-state index in [4.69, 9.17) is 11.6 Å². The van der Waals surface area contributed by atoms with Crippen LogP contribution in [0.1, 0.15) is 11.7 Å². The van der Waals surface area contributed by atoms with Crippen LogP contribution in [-0.4, -0.2) is 39.4 Å². The van der Waals surface area contributed by atoms with Gasteiger partial charge in [-0.2, -0.15) is 0 Å². The zero-order chi connectivity index (χ0) is 14.0. The molecule has 1 aromatic heterocycles. The number of benzene rings is 1. The number of ether oxygens (including phenoxy) is 1. The summed E-state index contributed by atoms with van der Waals surface area (Å²) in [4.78, 5) is 19.0. The number of carbonyl (C=O) groups is 1. The fourth-order valence-electron chi connectivity index (χ4n) is 1.66. The molecule has 2 unspecified atom stereocenters. The predicted molar refractivity (Wildman–Crippen MR) is 67.5 cm³/mol. The summed E-state index contributed by atoms with van der Waals surface area (Å²) < 4.78 is 4.37. The van der Waals surface area contributed by atoms with Gasteiger partial charge in [0.1, 0.15) is 17.6 Å². The van der Waals surface area contributed by atoms with Crippen molar-refractivity contribution in [3.63, 3.8) is 0 Å². The van der Waals surface area contributed by atoms with Crippen molar-refractivity contribution in [2.24, 2.45) is 0 Å². The average Bonchev–Trinajstić information content (AvgIpc) is 2.45. The van der Waals surface area contributed by atoms with Crippen molar-refractivity contribution >= 4 is 28.5 Å². The minimum atomic E-state index is -1.66. The summed E-state index contributed by atoms with van der Waals surface area (Å²) in [6.45, 7) is 0. The summed E-state index contributed by atoms with van der Waals surface area (Å²) >= 11 is 5.92. The van der Waals surface area contributed by atoms with Gasteiger partial charge in [-0.05, 0) is 17.7 Å². The first kappa shape index (κ1) is 13.7. The van der Waals surface area contributed by atoms with E-state index in [1.165, 1.54) is 12.4 Å². The maximum Gasteiger partial charge on any atom is 0.337 e. The number of carbonyl (C=O) groups excluding carboxylic acids is 1. The first-order valence-electron chi connectivity index (χ1n) is 5.38. The number of esters is 1. The number of fused-ring (bicyclic) bond motifs is 1. The molecule has 0 aliphatic rings. The van der Waals surface area contributed by atoms with Gasteiger partial charge in [-0.15, -0.1) is 0 Å². The minimum Gasteiger partial charge on any atom is -0.467 e. The lowest BCUT2D eigenvalue weighted by Gasteiger charge is -2.16. The lowest BCUT2D eigenvalue weighted by molar-refractivity contribution is -0.156. The highest BCUT2D eigenvalue weighted by atomic mass is 35.5. The van der Waals surface area contributed by atoms with Gasteiger partial charge < -0.3 is 14.9 Å². The van der Waals surface area contributed by atoms with Gasteiger partial charge in [-0.25, -0.2) is 14.8 Å². The Kier molecular flexibility index (Phi) is 3.94. The zero-order valence-corrected chi connectivity index (χ0v) is 10.7. The molecule has 0 aliphatic heterocycles. The van der Waals surface area contributed by atoms with E-state index in [2.05, 4.69) is 14.7 Å². The molecule has 0 aliphatic carbocycles. The summed E-state index contributed by atoms with van der Waals surface area (Å²) in [7, 11) is 1.13. The standard InChI is InChI=1S/C12H11ClN2O4/c1-19-12(18)10(17)9(16)6-2-3-8-7(4-6)11(13)15-5-14-8/h2-5,9-10,16-17H,1H3. The number of hydrogen-bond donors (Lipinski definition) is 2. The van der Waals surface area contributed by atoms with Gasteiger partial charge in [-0.1, -0.05) is 17.7 Å². The van der Waals surface area contributed by atoms with E-state index in [-0.39, 0.29) is 5.15 Å². The van der Waals surface area contributed by atoms with Crippen molar-refractivity contribution < 1.29 is 19.7 Å². The second-order valence-electron chi connectivity index (χ2n) is 3.85. The molecular weight excluding hydrogens is 272 g/mol. The maximum absolute atomic E-state index is 11.2. The van der Waals surface area contributed by atoms with Crippen molar-refractivity contribution in [2.75, 3.05) is 7.11 Å². The maximum atomic E-state index is 11.2. The van der Waals surface area contributed by atoms with Crippen LogP contribution in [0, 0.1) is 0 Å². The third-order valence-electron chi connectivity index (χ3n) is 2.69. The topological polar surface area (TPSA) is 92.5 Å². The molecule has 1 heterocycles. The van der Waals surface area contributed by atoms with Crippen LogP contribution in [-0.2, 0) is 9.53 Å². The van der Waals surface area contributed by atoms with Crippen LogP contribution in [0.2, 0.25) is 5.15 Å². The molecule has 2 aromatic rings. The Morgan fingerprint density at radius 2 is 2.11 bits per heavy atom. The van der Waals surface area contributed by atoms with E-state index in [9.17, 15) is 15.0 Å². The number of methoxy groups -OCH3 is 1. The fraction of sp³-hybridized carbons (Fsp3) is 0.250. The third-order valence-corrected chi connectivity index (χ3v) is 3.00. The summed E-state index contributed by atoms with van der Waals surface area (Å²) in [6.07, 6.45) is -1.75. The van der Waals surface area contributed by atoms with Gasteiger partial charge in [0.2, 0.25) is 0 Å². The van der Waals surface area contributed by atoms with E-state index in [0.29, 0.717) is 16.5 Å². The van der Waals surface area contributed by atoms with Crippen molar-refractivity contribution in [2.45, 2.75) is 12.2 Å². The molecule has 0 fully saturated rings. The lowest BCUT2D eigenvalue weighted by Crippen LogP contribution is -2.29. The van der Waals surface area contributed by atoms with Crippen molar-refractivity contribution in [1.29, 1.82) is 0 Å². The quantitative estimate of drug-likeness (QED) is 0.640. The van der Waals surface area contributed by atoms with Gasteiger partial charge in [0.05, 0.1) is 12.6 Å². The highest BCUT2D eigenvalue weighted by molar-refractivity contribution is 6.34. The second-order valence-corrected chi connectivity index (χ2v) is 4.21. The van der Waals surface area contributed by atoms with Gasteiger partial charge >= 0.3 is 5.97 Å². The van der Waals surface area contributed by atoms with Crippen LogP contribution < -0.4 is 0 Å². The molecule has 0 amide bonds. The molecule has 2 N–H and O–H groups in total. The third kappa shape index (κ3) is 2.65. The summed E-state index contributed by atoms with van der Waals surface area (Å²) in [5.74, 6) is -0.914. The first-order valence-corrected chi connectivity index (χ1v) is 5.76. The number of nitrogens with zero attached hydrogens (tertiary/aromatic N) is 2. The number of aliphatic hydroxyl groups excluding tert-OH is 2. The first-order chi connectivity index (χ1) is 9.04. The number of aliphatic hydroxyl groups is 2. The van der Waals surface area contributed by atoms with Crippen molar-refractivity contribution in [3.8, 4) is 0 Å². The van der Waals surface area contributed by atoms with Gasteiger partial charge in [0.25, 0.3) is 0 Å². The number of hydrogen-bond acceptors (Lipinski definition) is 6. The molecule has 7 heteroatoms. The Bertz CT molecular complexity index is 620. The van der Waals surface area contributed by atoms with Crippen LogP contribution >= 0.6 is 11.6 Å². The normalized spacial score (nSPS) is 14.1. The predicted octanol–water partition coefficient (Wildman–Crippen LogP) is 0.851. The molecule has 2 rings (SSSR count). The summed E-state index contributed by atoms with van der Waals surface area (Å²) in [5.41, 5.74) is 0.922. The van der Waals surface area contributed by atoms with E-state index in [0.717, 1.165) is 7.11 Å². The minimum absolute atomic E-state index is 0.228. The second kappa shape index (κ2) is 5.48. The Hall–Kier alpha value is -1.76. The van der Waals surface area contributed by atoms with Gasteiger partial charge in [-0.3, -0.25) is 0 Å². The van der Waals surface area contributed by atoms with E-state index in [1.807, 2.05) is 0 Å². The molecular formula is C12H11ClN2O4. The number of rotatable bonds is 3. The molecule has 2 atom stereocenters.